The molecule has 1 saturated heterocycles. The van der Waals surface area contributed by atoms with Crippen LogP contribution in [0, 0.1) is 0 Å². The highest BCUT2D eigenvalue weighted by atomic mass is 16.2. The third kappa shape index (κ3) is 4.03. The number of rotatable bonds is 5. The number of piperidine rings is 1. The number of carbonyl (C=O) groups excluding carboxylic acids is 1. The van der Waals surface area contributed by atoms with E-state index in [1.54, 1.807) is 4.90 Å². The van der Waals surface area contributed by atoms with Crippen molar-refractivity contribution < 1.29 is 4.79 Å². The van der Waals surface area contributed by atoms with Crippen LogP contribution < -0.4 is 15.1 Å². The smallest absolute Gasteiger partial charge is 0.326 e. The molecular weight excluding hydrogens is 374 g/mol. The van der Waals surface area contributed by atoms with Gasteiger partial charge >= 0.3 is 6.03 Å². The summed E-state index contributed by atoms with van der Waals surface area (Å²) in [7, 11) is 0. The Labute approximate surface area is 176 Å². The van der Waals surface area contributed by atoms with Crippen LogP contribution in [-0.2, 0) is 0 Å². The van der Waals surface area contributed by atoms with Crippen LogP contribution in [0.1, 0.15) is 37.3 Å². The van der Waals surface area contributed by atoms with E-state index < -0.39 is 0 Å². The van der Waals surface area contributed by atoms with Crippen molar-refractivity contribution in [3.8, 4) is 0 Å². The minimum absolute atomic E-state index is 0.0818. The maximum atomic E-state index is 13.2. The average Bonchev–Trinajstić information content (AvgIpc) is 3.53. The fourth-order valence-corrected chi connectivity index (χ4v) is 4.12. The molecule has 30 heavy (non-hydrogen) atoms. The second-order valence-electron chi connectivity index (χ2n) is 8.17. The number of nitrogens with one attached hydrogen (secondary N) is 2. The van der Waals surface area contributed by atoms with Gasteiger partial charge in [0.1, 0.15) is 0 Å². The fraction of sp³-hybridized carbons (Fsp3) is 0.333. The number of hydrogen-bond donors (Lipinski definition) is 2. The highest BCUT2D eigenvalue weighted by Gasteiger charge is 2.28. The normalized spacial score (nSPS) is 17.0. The van der Waals surface area contributed by atoms with Gasteiger partial charge in [-0.1, -0.05) is 36.4 Å². The number of amides is 2. The molecule has 2 heterocycles. The Morgan fingerprint density at radius 2 is 1.53 bits per heavy atom. The molecule has 1 aliphatic carbocycles. The van der Waals surface area contributed by atoms with Crippen molar-refractivity contribution in [3.05, 3.63) is 72.4 Å². The van der Waals surface area contributed by atoms with E-state index in [2.05, 4.69) is 26.5 Å². The lowest BCUT2D eigenvalue weighted by Crippen LogP contribution is -2.48. The topological polar surface area (TPSA) is 64.3 Å². The summed E-state index contributed by atoms with van der Waals surface area (Å²) in [4.78, 5) is 17.3. The van der Waals surface area contributed by atoms with Crippen LogP contribution >= 0.6 is 0 Å². The molecule has 5 rings (SSSR count). The molecule has 2 amide bonds. The van der Waals surface area contributed by atoms with Crippen molar-refractivity contribution in [3.63, 3.8) is 0 Å². The number of carbonyl (C=O) groups is 1. The van der Waals surface area contributed by atoms with Gasteiger partial charge in [0.15, 0.2) is 5.82 Å². The van der Waals surface area contributed by atoms with Crippen molar-refractivity contribution in [2.75, 3.05) is 22.9 Å². The zero-order valence-corrected chi connectivity index (χ0v) is 17.0. The summed E-state index contributed by atoms with van der Waals surface area (Å²) in [6, 6.07) is 21.9. The Kier molecular flexibility index (Phi) is 5.13. The maximum absolute atomic E-state index is 13.2. The van der Waals surface area contributed by atoms with E-state index in [4.69, 9.17) is 0 Å². The molecule has 2 N–H and O–H groups in total. The lowest BCUT2D eigenvalue weighted by molar-refractivity contribution is 0.242. The third-order valence-corrected chi connectivity index (χ3v) is 5.98. The summed E-state index contributed by atoms with van der Waals surface area (Å²) < 4.78 is 0. The monoisotopic (exact) mass is 401 g/mol. The average molecular weight is 402 g/mol. The summed E-state index contributed by atoms with van der Waals surface area (Å²) in [6.45, 7) is 1.80. The molecule has 154 valence electrons. The minimum atomic E-state index is -0.0818. The number of hydrogen-bond acceptors (Lipinski definition) is 3. The molecule has 0 unspecified atom stereocenters. The second kappa shape index (κ2) is 8.22. The molecule has 6 nitrogen and oxygen atoms in total. The van der Waals surface area contributed by atoms with Gasteiger partial charge in [-0.15, -0.1) is 0 Å². The van der Waals surface area contributed by atoms with E-state index in [0.717, 1.165) is 43.1 Å². The van der Waals surface area contributed by atoms with Gasteiger partial charge in [-0.3, -0.25) is 10.00 Å². The van der Waals surface area contributed by atoms with Crippen molar-refractivity contribution in [1.29, 1.82) is 0 Å². The zero-order chi connectivity index (χ0) is 20.3. The van der Waals surface area contributed by atoms with E-state index in [0.29, 0.717) is 5.92 Å². The molecule has 2 aromatic carbocycles. The summed E-state index contributed by atoms with van der Waals surface area (Å²) >= 11 is 0. The Morgan fingerprint density at radius 1 is 0.933 bits per heavy atom. The van der Waals surface area contributed by atoms with Gasteiger partial charge in [-0.25, -0.2) is 4.79 Å². The first-order valence-electron chi connectivity index (χ1n) is 10.8. The highest BCUT2D eigenvalue weighted by molar-refractivity contribution is 5.99. The SMILES string of the molecule is O=C(NC1CCN(c2cc(C3CC3)[nH]n2)CC1)N(c1ccccc1)c1ccccc1. The number of benzene rings is 2. The molecule has 3 aromatic rings. The molecule has 0 atom stereocenters. The van der Waals surface area contributed by atoms with Crippen molar-refractivity contribution in [1.82, 2.24) is 15.5 Å². The molecule has 0 spiro atoms. The van der Waals surface area contributed by atoms with E-state index in [1.165, 1.54) is 18.5 Å². The highest BCUT2D eigenvalue weighted by Crippen LogP contribution is 2.40. The van der Waals surface area contributed by atoms with E-state index in [1.807, 2.05) is 60.7 Å². The second-order valence-corrected chi connectivity index (χ2v) is 8.17. The Balaban J connectivity index is 1.24. The Morgan fingerprint density at radius 3 is 2.10 bits per heavy atom. The zero-order valence-electron chi connectivity index (χ0n) is 17.0. The van der Waals surface area contributed by atoms with Crippen LogP contribution in [-0.4, -0.2) is 35.4 Å². The van der Waals surface area contributed by atoms with E-state index in [9.17, 15) is 4.79 Å². The predicted octanol–water partition coefficient (Wildman–Crippen LogP) is 4.80. The lowest BCUT2D eigenvalue weighted by atomic mass is 10.1. The number of aromatic nitrogens is 2. The van der Waals surface area contributed by atoms with Gasteiger partial charge in [0.05, 0.1) is 11.4 Å². The molecule has 0 bridgehead atoms. The number of aromatic amines is 1. The first-order valence-corrected chi connectivity index (χ1v) is 10.8. The lowest BCUT2D eigenvalue weighted by Gasteiger charge is -2.34. The quantitative estimate of drug-likeness (QED) is 0.645. The molecule has 6 heteroatoms. The maximum Gasteiger partial charge on any atom is 0.326 e. The standard InChI is InChI=1S/C24H27N5O/c30-24(29(20-7-3-1-4-8-20)21-9-5-2-6-10-21)25-19-13-15-28(16-14-19)23-17-22(26-27-23)18-11-12-18/h1-10,17-19H,11-16H2,(H,25,30)(H,26,27). The molecule has 2 aliphatic rings. The molecule has 2 fully saturated rings. The van der Waals surface area contributed by atoms with Crippen LogP contribution in [0.3, 0.4) is 0 Å². The first-order chi connectivity index (χ1) is 14.8. The fourth-order valence-electron chi connectivity index (χ4n) is 4.12. The number of urea groups is 1. The first kappa shape index (κ1) is 18.7. The van der Waals surface area contributed by atoms with E-state index in [-0.39, 0.29) is 12.1 Å². The molecule has 1 aliphatic heterocycles. The van der Waals surface area contributed by atoms with Gasteiger partial charge in [0, 0.05) is 36.8 Å². The Bertz CT molecular complexity index is 936. The van der Waals surface area contributed by atoms with Crippen LogP contribution in [0.5, 0.6) is 0 Å². The van der Waals surface area contributed by atoms with Crippen molar-refractivity contribution in [2.45, 2.75) is 37.6 Å². The summed E-state index contributed by atoms with van der Waals surface area (Å²) in [6.07, 6.45) is 4.37. The number of H-pyrrole nitrogens is 1. The third-order valence-electron chi connectivity index (χ3n) is 5.98. The number of anilines is 3. The van der Waals surface area contributed by atoms with E-state index >= 15 is 0 Å². The molecular formula is C24H27N5O. The number of para-hydroxylation sites is 2. The van der Waals surface area contributed by atoms with Crippen LogP contribution in [0.4, 0.5) is 22.0 Å². The van der Waals surface area contributed by atoms with Crippen LogP contribution in [0.25, 0.3) is 0 Å². The van der Waals surface area contributed by atoms with Gasteiger partial charge < -0.3 is 10.2 Å². The van der Waals surface area contributed by atoms with Gasteiger partial charge in [0.25, 0.3) is 0 Å². The molecule has 0 radical (unpaired) electrons. The van der Waals surface area contributed by atoms with Gasteiger partial charge in [0.2, 0.25) is 0 Å². The predicted molar refractivity (Wildman–Crippen MR) is 119 cm³/mol. The summed E-state index contributed by atoms with van der Waals surface area (Å²) in [5.74, 6) is 1.72. The van der Waals surface area contributed by atoms with Crippen molar-refractivity contribution >= 4 is 23.2 Å². The Hall–Kier alpha value is -3.28. The summed E-state index contributed by atoms with van der Waals surface area (Å²) in [5.41, 5.74) is 2.99. The largest absolute Gasteiger partial charge is 0.355 e. The summed E-state index contributed by atoms with van der Waals surface area (Å²) in [5, 5.41) is 10.9. The minimum Gasteiger partial charge on any atom is -0.355 e. The van der Waals surface area contributed by atoms with Crippen LogP contribution in [0.2, 0.25) is 0 Å². The molecule has 1 aromatic heterocycles. The van der Waals surface area contributed by atoms with Gasteiger partial charge in [-0.05, 0) is 49.9 Å². The molecule has 1 saturated carbocycles. The van der Waals surface area contributed by atoms with Crippen molar-refractivity contribution in [2.24, 2.45) is 0 Å². The van der Waals surface area contributed by atoms with Crippen LogP contribution in [0.15, 0.2) is 66.7 Å². The van der Waals surface area contributed by atoms with Gasteiger partial charge in [-0.2, -0.15) is 5.10 Å². The number of nitrogens with zero attached hydrogens (tertiary/aromatic N) is 3.